The fourth-order valence-electron chi connectivity index (χ4n) is 1.46. The highest BCUT2D eigenvalue weighted by atomic mass is 16.6. The van der Waals surface area contributed by atoms with Crippen molar-refractivity contribution in [3.05, 3.63) is 33.9 Å². The standard InChI is InChI=1S/C12H14N2O6/c1-2-13-11(15)5-6-20-10-4-3-8(14(18)19)7-9(10)12(16)17/h3-4,7H,2,5-6H2,1H3,(H,13,15)(H,16,17). The molecule has 1 amide bonds. The summed E-state index contributed by atoms with van der Waals surface area (Å²) in [5, 5.41) is 22.1. The van der Waals surface area contributed by atoms with Crippen molar-refractivity contribution in [3.8, 4) is 5.75 Å². The Bertz CT molecular complexity index is 529. The van der Waals surface area contributed by atoms with Crippen LogP contribution in [0.15, 0.2) is 18.2 Å². The maximum absolute atomic E-state index is 11.2. The number of non-ortho nitro benzene ring substituents is 1. The van der Waals surface area contributed by atoms with Gasteiger partial charge in [0.2, 0.25) is 5.91 Å². The zero-order valence-electron chi connectivity index (χ0n) is 10.8. The quantitative estimate of drug-likeness (QED) is 0.573. The van der Waals surface area contributed by atoms with Crippen LogP contribution in [0.3, 0.4) is 0 Å². The van der Waals surface area contributed by atoms with Crippen molar-refractivity contribution in [3.63, 3.8) is 0 Å². The van der Waals surface area contributed by atoms with Gasteiger partial charge in [0.15, 0.2) is 0 Å². The van der Waals surface area contributed by atoms with E-state index in [2.05, 4.69) is 5.32 Å². The Morgan fingerprint density at radius 1 is 1.45 bits per heavy atom. The number of carboxylic acid groups (broad SMARTS) is 1. The number of hydrogen-bond acceptors (Lipinski definition) is 5. The Kier molecular flexibility index (Phi) is 5.45. The highest BCUT2D eigenvalue weighted by Crippen LogP contribution is 2.24. The molecule has 0 aliphatic heterocycles. The van der Waals surface area contributed by atoms with Gasteiger partial charge in [-0.05, 0) is 13.0 Å². The molecule has 108 valence electrons. The van der Waals surface area contributed by atoms with Crippen molar-refractivity contribution >= 4 is 17.6 Å². The molecule has 0 atom stereocenters. The number of amides is 1. The van der Waals surface area contributed by atoms with Crippen LogP contribution in [-0.4, -0.2) is 35.1 Å². The van der Waals surface area contributed by atoms with Gasteiger partial charge >= 0.3 is 5.97 Å². The van der Waals surface area contributed by atoms with Crippen molar-refractivity contribution < 1.29 is 24.4 Å². The predicted molar refractivity (Wildman–Crippen MR) is 68.9 cm³/mol. The molecule has 0 saturated carbocycles. The maximum Gasteiger partial charge on any atom is 0.339 e. The average Bonchev–Trinajstić information content (AvgIpc) is 2.38. The fourth-order valence-corrected chi connectivity index (χ4v) is 1.46. The summed E-state index contributed by atoms with van der Waals surface area (Å²) in [5.74, 6) is -1.56. The lowest BCUT2D eigenvalue weighted by molar-refractivity contribution is -0.384. The number of aromatic carboxylic acids is 1. The topological polar surface area (TPSA) is 119 Å². The summed E-state index contributed by atoms with van der Waals surface area (Å²) < 4.78 is 5.19. The Morgan fingerprint density at radius 2 is 2.15 bits per heavy atom. The third-order valence-electron chi connectivity index (χ3n) is 2.37. The lowest BCUT2D eigenvalue weighted by Crippen LogP contribution is -2.24. The largest absolute Gasteiger partial charge is 0.492 e. The van der Waals surface area contributed by atoms with Crippen molar-refractivity contribution in [2.75, 3.05) is 13.2 Å². The van der Waals surface area contributed by atoms with E-state index in [4.69, 9.17) is 9.84 Å². The number of benzene rings is 1. The first kappa shape index (κ1) is 15.4. The summed E-state index contributed by atoms with van der Waals surface area (Å²) >= 11 is 0. The SMILES string of the molecule is CCNC(=O)CCOc1ccc([N+](=O)[O-])cc1C(=O)O. The van der Waals surface area contributed by atoms with Crippen LogP contribution in [0.1, 0.15) is 23.7 Å². The number of nitro benzene ring substituents is 1. The number of rotatable bonds is 7. The van der Waals surface area contributed by atoms with E-state index in [0.717, 1.165) is 12.1 Å². The second kappa shape index (κ2) is 7.07. The van der Waals surface area contributed by atoms with Crippen LogP contribution >= 0.6 is 0 Å². The first-order chi connectivity index (χ1) is 9.45. The van der Waals surface area contributed by atoms with Gasteiger partial charge in [-0.3, -0.25) is 14.9 Å². The number of nitrogens with zero attached hydrogens (tertiary/aromatic N) is 1. The van der Waals surface area contributed by atoms with Gasteiger partial charge in [-0.25, -0.2) is 4.79 Å². The molecule has 1 aromatic carbocycles. The molecule has 0 aliphatic carbocycles. The van der Waals surface area contributed by atoms with Crippen LogP contribution < -0.4 is 10.1 Å². The molecule has 0 saturated heterocycles. The first-order valence-corrected chi connectivity index (χ1v) is 5.87. The van der Waals surface area contributed by atoms with E-state index >= 15 is 0 Å². The van der Waals surface area contributed by atoms with Gasteiger partial charge in [0, 0.05) is 18.7 Å². The van der Waals surface area contributed by atoms with Crippen molar-refractivity contribution in [2.45, 2.75) is 13.3 Å². The van der Waals surface area contributed by atoms with E-state index in [9.17, 15) is 19.7 Å². The summed E-state index contributed by atoms with van der Waals surface area (Å²) in [6, 6.07) is 3.27. The lowest BCUT2D eigenvalue weighted by Gasteiger charge is -2.08. The van der Waals surface area contributed by atoms with E-state index < -0.39 is 10.9 Å². The molecule has 20 heavy (non-hydrogen) atoms. The highest BCUT2D eigenvalue weighted by molar-refractivity contribution is 5.91. The summed E-state index contributed by atoms with van der Waals surface area (Å²) in [4.78, 5) is 32.1. The van der Waals surface area contributed by atoms with Crippen LogP contribution in [0, 0.1) is 10.1 Å². The zero-order valence-corrected chi connectivity index (χ0v) is 10.8. The molecule has 0 aliphatic rings. The van der Waals surface area contributed by atoms with Crippen molar-refractivity contribution in [1.29, 1.82) is 0 Å². The molecular formula is C12H14N2O6. The molecule has 0 unspecified atom stereocenters. The summed E-state index contributed by atoms with van der Waals surface area (Å²) in [6.07, 6.45) is 0.0733. The molecule has 0 spiro atoms. The lowest BCUT2D eigenvalue weighted by atomic mass is 10.2. The smallest absolute Gasteiger partial charge is 0.339 e. The monoisotopic (exact) mass is 282 g/mol. The zero-order chi connectivity index (χ0) is 15.1. The van der Waals surface area contributed by atoms with E-state index in [-0.39, 0.29) is 35.9 Å². The molecule has 0 aromatic heterocycles. The van der Waals surface area contributed by atoms with Crippen LogP contribution in [0.25, 0.3) is 0 Å². The van der Waals surface area contributed by atoms with Gasteiger partial charge in [-0.2, -0.15) is 0 Å². The van der Waals surface area contributed by atoms with Gasteiger partial charge in [0.05, 0.1) is 18.0 Å². The number of ether oxygens (including phenoxy) is 1. The number of carbonyl (C=O) groups excluding carboxylic acids is 1. The second-order valence-corrected chi connectivity index (χ2v) is 3.79. The number of nitrogens with one attached hydrogen (secondary N) is 1. The van der Waals surface area contributed by atoms with Crippen molar-refractivity contribution in [2.24, 2.45) is 0 Å². The Balaban J connectivity index is 2.77. The molecule has 0 fully saturated rings. The minimum atomic E-state index is -1.33. The molecule has 0 bridgehead atoms. The maximum atomic E-state index is 11.2. The molecule has 2 N–H and O–H groups in total. The predicted octanol–water partition coefficient (Wildman–Crippen LogP) is 1.20. The van der Waals surface area contributed by atoms with E-state index in [1.54, 1.807) is 6.92 Å². The van der Waals surface area contributed by atoms with E-state index in [1.807, 2.05) is 0 Å². The van der Waals surface area contributed by atoms with E-state index in [0.29, 0.717) is 6.54 Å². The summed E-state index contributed by atoms with van der Waals surface area (Å²) in [7, 11) is 0. The number of hydrogen-bond donors (Lipinski definition) is 2. The molecule has 1 aromatic rings. The third kappa shape index (κ3) is 4.23. The molecule has 8 nitrogen and oxygen atoms in total. The summed E-state index contributed by atoms with van der Waals surface area (Å²) in [6.45, 7) is 2.26. The number of nitro groups is 1. The molecule has 0 heterocycles. The van der Waals surface area contributed by atoms with Crippen LogP contribution in [0.2, 0.25) is 0 Å². The van der Waals surface area contributed by atoms with Gasteiger partial charge in [0.25, 0.3) is 5.69 Å². The molecular weight excluding hydrogens is 268 g/mol. The third-order valence-corrected chi connectivity index (χ3v) is 2.37. The average molecular weight is 282 g/mol. The van der Waals surface area contributed by atoms with Gasteiger partial charge in [0.1, 0.15) is 11.3 Å². The normalized spacial score (nSPS) is 9.85. The minimum absolute atomic E-state index is 0.00704. The minimum Gasteiger partial charge on any atom is -0.492 e. The van der Waals surface area contributed by atoms with Gasteiger partial charge in [-0.15, -0.1) is 0 Å². The summed E-state index contributed by atoms with van der Waals surface area (Å²) in [5.41, 5.74) is -0.645. The number of carbonyl (C=O) groups is 2. The first-order valence-electron chi connectivity index (χ1n) is 5.87. The Morgan fingerprint density at radius 3 is 2.70 bits per heavy atom. The molecule has 1 rings (SSSR count). The molecule has 0 radical (unpaired) electrons. The van der Waals surface area contributed by atoms with Crippen molar-refractivity contribution in [1.82, 2.24) is 5.32 Å². The number of carboxylic acids is 1. The van der Waals surface area contributed by atoms with Gasteiger partial charge in [-0.1, -0.05) is 0 Å². The second-order valence-electron chi connectivity index (χ2n) is 3.79. The fraction of sp³-hybridized carbons (Fsp3) is 0.333. The van der Waals surface area contributed by atoms with Crippen LogP contribution in [0.5, 0.6) is 5.75 Å². The van der Waals surface area contributed by atoms with Gasteiger partial charge < -0.3 is 15.2 Å². The Hall–Kier alpha value is -2.64. The van der Waals surface area contributed by atoms with E-state index in [1.165, 1.54) is 6.07 Å². The van der Waals surface area contributed by atoms with Crippen LogP contribution in [-0.2, 0) is 4.79 Å². The highest BCUT2D eigenvalue weighted by Gasteiger charge is 2.17. The molecule has 8 heteroatoms. The van der Waals surface area contributed by atoms with Crippen LogP contribution in [0.4, 0.5) is 5.69 Å². The Labute approximate surface area is 114 Å².